The van der Waals surface area contributed by atoms with Crippen molar-refractivity contribution in [2.45, 2.75) is 19.4 Å². The Labute approximate surface area is 172 Å². The first kappa shape index (κ1) is 19.4. The van der Waals surface area contributed by atoms with Crippen LogP contribution in [-0.2, 0) is 4.79 Å². The van der Waals surface area contributed by atoms with Gasteiger partial charge in [0, 0.05) is 23.3 Å². The maximum absolute atomic E-state index is 12.7. The molecular formula is C22H20N4O4. The second kappa shape index (κ2) is 7.14. The molecule has 4 rings (SSSR count). The van der Waals surface area contributed by atoms with E-state index in [-0.39, 0.29) is 11.8 Å². The molecule has 0 saturated carbocycles. The predicted molar refractivity (Wildman–Crippen MR) is 113 cm³/mol. The molecule has 1 aliphatic rings. The molecular weight excluding hydrogens is 384 g/mol. The lowest BCUT2D eigenvalue weighted by molar-refractivity contribution is -0.121. The molecule has 2 aromatic carbocycles. The molecule has 3 aromatic rings. The molecule has 2 N–H and O–H groups in total. The molecule has 0 radical (unpaired) electrons. The maximum atomic E-state index is 12.7. The van der Waals surface area contributed by atoms with E-state index in [1.165, 1.54) is 6.20 Å². The highest BCUT2D eigenvalue weighted by Crippen LogP contribution is 2.27. The number of carbonyl (C=O) groups is 3. The highest BCUT2D eigenvalue weighted by molar-refractivity contribution is 6.23. The first-order valence-corrected chi connectivity index (χ1v) is 9.30. The highest BCUT2D eigenvalue weighted by atomic mass is 16.5. The Bertz CT molecular complexity index is 1190. The van der Waals surface area contributed by atoms with Crippen LogP contribution in [0.25, 0.3) is 10.9 Å². The van der Waals surface area contributed by atoms with Crippen LogP contribution in [0.15, 0.2) is 54.7 Å². The van der Waals surface area contributed by atoms with Crippen molar-refractivity contribution in [2.75, 3.05) is 17.3 Å². The van der Waals surface area contributed by atoms with E-state index >= 15 is 0 Å². The molecule has 0 bridgehead atoms. The molecule has 1 aromatic heterocycles. The number of urea groups is 1. The molecule has 8 nitrogen and oxygen atoms in total. The molecule has 0 spiro atoms. The summed E-state index contributed by atoms with van der Waals surface area (Å²) in [6.45, 7) is 3.28. The van der Waals surface area contributed by atoms with Gasteiger partial charge in [0.25, 0.3) is 11.8 Å². The van der Waals surface area contributed by atoms with Gasteiger partial charge in [-0.1, -0.05) is 6.07 Å². The third-order valence-electron chi connectivity index (χ3n) is 4.88. The summed E-state index contributed by atoms with van der Waals surface area (Å²) in [7, 11) is 1.58. The number of aromatic nitrogens is 1. The number of amides is 4. The van der Waals surface area contributed by atoms with Crippen molar-refractivity contribution >= 4 is 40.1 Å². The number of rotatable bonds is 4. The molecule has 1 saturated heterocycles. The number of nitrogens with zero attached hydrogens (tertiary/aromatic N) is 2. The van der Waals surface area contributed by atoms with Gasteiger partial charge in [-0.2, -0.15) is 0 Å². The van der Waals surface area contributed by atoms with Gasteiger partial charge in [-0.05, 0) is 50.2 Å². The van der Waals surface area contributed by atoms with Crippen molar-refractivity contribution in [3.63, 3.8) is 0 Å². The van der Waals surface area contributed by atoms with Crippen molar-refractivity contribution in [2.24, 2.45) is 0 Å². The largest absolute Gasteiger partial charge is 0.497 e. The fraction of sp³-hybridized carbons (Fsp3) is 0.182. The average molecular weight is 404 g/mol. The number of imide groups is 1. The Morgan fingerprint density at radius 1 is 1.13 bits per heavy atom. The number of ether oxygens (including phenoxy) is 1. The van der Waals surface area contributed by atoms with Gasteiger partial charge in [-0.3, -0.25) is 14.6 Å². The van der Waals surface area contributed by atoms with Crippen LogP contribution in [0.5, 0.6) is 5.75 Å². The number of hydrogen-bond acceptors (Lipinski definition) is 5. The van der Waals surface area contributed by atoms with Crippen molar-refractivity contribution in [3.8, 4) is 5.75 Å². The molecule has 152 valence electrons. The Balaban J connectivity index is 1.57. The van der Waals surface area contributed by atoms with Gasteiger partial charge in [0.05, 0.1) is 23.9 Å². The van der Waals surface area contributed by atoms with Crippen LogP contribution >= 0.6 is 0 Å². The van der Waals surface area contributed by atoms with Crippen LogP contribution in [0.2, 0.25) is 0 Å². The summed E-state index contributed by atoms with van der Waals surface area (Å²) < 4.78 is 5.18. The number of nitrogens with one attached hydrogen (secondary N) is 2. The molecule has 1 fully saturated rings. The third-order valence-corrected chi connectivity index (χ3v) is 4.88. The predicted octanol–water partition coefficient (Wildman–Crippen LogP) is 3.33. The van der Waals surface area contributed by atoms with Crippen LogP contribution in [-0.4, -0.2) is 35.5 Å². The van der Waals surface area contributed by atoms with E-state index in [0.29, 0.717) is 28.2 Å². The van der Waals surface area contributed by atoms with Gasteiger partial charge in [-0.15, -0.1) is 0 Å². The SMILES string of the molecule is COc1ccc2cc(C(=O)Nc3cccc(N4C(=O)NC(C)(C)C4=O)c3)cnc2c1. The first-order chi connectivity index (χ1) is 14.3. The zero-order valence-corrected chi connectivity index (χ0v) is 16.7. The maximum Gasteiger partial charge on any atom is 0.329 e. The van der Waals surface area contributed by atoms with E-state index in [1.807, 2.05) is 6.07 Å². The molecule has 30 heavy (non-hydrogen) atoms. The molecule has 8 heteroatoms. The summed E-state index contributed by atoms with van der Waals surface area (Å²) in [5.74, 6) is -0.0206. The summed E-state index contributed by atoms with van der Waals surface area (Å²) in [5.41, 5.74) is 0.959. The fourth-order valence-corrected chi connectivity index (χ4v) is 3.26. The Hall–Kier alpha value is -3.94. The quantitative estimate of drug-likeness (QED) is 0.650. The normalized spacial score (nSPS) is 15.2. The molecule has 2 heterocycles. The lowest BCUT2D eigenvalue weighted by atomic mass is 10.1. The van der Waals surface area contributed by atoms with Gasteiger partial charge >= 0.3 is 6.03 Å². The summed E-state index contributed by atoms with van der Waals surface area (Å²) >= 11 is 0. The first-order valence-electron chi connectivity index (χ1n) is 9.30. The summed E-state index contributed by atoms with van der Waals surface area (Å²) in [4.78, 5) is 42.8. The number of carbonyl (C=O) groups excluding carboxylic acids is 3. The van der Waals surface area contributed by atoms with E-state index in [2.05, 4.69) is 15.6 Å². The second-order valence-corrected chi connectivity index (χ2v) is 7.48. The molecule has 0 unspecified atom stereocenters. The molecule has 0 aliphatic carbocycles. The number of benzene rings is 2. The van der Waals surface area contributed by atoms with Crippen LogP contribution in [0.1, 0.15) is 24.2 Å². The van der Waals surface area contributed by atoms with Gasteiger partial charge < -0.3 is 15.4 Å². The van der Waals surface area contributed by atoms with E-state index in [1.54, 1.807) is 63.4 Å². The lowest BCUT2D eigenvalue weighted by Gasteiger charge is -2.17. The summed E-state index contributed by atoms with van der Waals surface area (Å²) in [5, 5.41) is 6.23. The van der Waals surface area contributed by atoms with Gasteiger partial charge in [-0.25, -0.2) is 9.69 Å². The Morgan fingerprint density at radius 3 is 2.63 bits per heavy atom. The second-order valence-electron chi connectivity index (χ2n) is 7.48. The fourth-order valence-electron chi connectivity index (χ4n) is 3.26. The van der Waals surface area contributed by atoms with Crippen LogP contribution in [0, 0.1) is 0 Å². The van der Waals surface area contributed by atoms with Crippen LogP contribution in [0.3, 0.4) is 0 Å². The van der Waals surface area contributed by atoms with Crippen LogP contribution in [0.4, 0.5) is 16.2 Å². The lowest BCUT2D eigenvalue weighted by Crippen LogP contribution is -2.40. The van der Waals surface area contributed by atoms with Crippen molar-refractivity contribution < 1.29 is 19.1 Å². The molecule has 4 amide bonds. The minimum atomic E-state index is -0.976. The topological polar surface area (TPSA) is 101 Å². The minimum absolute atomic E-state index is 0.352. The zero-order chi connectivity index (χ0) is 21.5. The summed E-state index contributed by atoms with van der Waals surface area (Å²) in [6.07, 6.45) is 1.49. The van der Waals surface area contributed by atoms with Crippen LogP contribution < -0.4 is 20.3 Å². The van der Waals surface area contributed by atoms with Crippen molar-refractivity contribution in [3.05, 3.63) is 60.3 Å². The number of anilines is 2. The van der Waals surface area contributed by atoms with E-state index in [4.69, 9.17) is 4.74 Å². The molecule has 0 atom stereocenters. The Morgan fingerprint density at radius 2 is 1.93 bits per heavy atom. The van der Waals surface area contributed by atoms with Crippen molar-refractivity contribution in [1.29, 1.82) is 0 Å². The number of hydrogen-bond donors (Lipinski definition) is 2. The standard InChI is InChI=1S/C22H20N4O4/c1-22(2)20(28)26(21(29)25-22)16-6-4-5-15(10-16)24-19(27)14-9-13-7-8-17(30-3)11-18(13)23-12-14/h4-12H,1-3H3,(H,24,27)(H,25,29). The smallest absolute Gasteiger partial charge is 0.329 e. The van der Waals surface area contributed by atoms with E-state index < -0.39 is 11.6 Å². The van der Waals surface area contributed by atoms with Crippen molar-refractivity contribution in [1.82, 2.24) is 10.3 Å². The Kier molecular flexibility index (Phi) is 4.62. The number of methoxy groups -OCH3 is 1. The summed E-state index contributed by atoms with van der Waals surface area (Å²) in [6, 6.07) is 13.2. The third kappa shape index (κ3) is 3.43. The van der Waals surface area contributed by atoms with Gasteiger partial charge in [0.15, 0.2) is 0 Å². The van der Waals surface area contributed by atoms with E-state index in [0.717, 1.165) is 10.3 Å². The highest BCUT2D eigenvalue weighted by Gasteiger charge is 2.45. The van der Waals surface area contributed by atoms with E-state index in [9.17, 15) is 14.4 Å². The monoisotopic (exact) mass is 404 g/mol. The average Bonchev–Trinajstić information content (AvgIpc) is 2.93. The van der Waals surface area contributed by atoms with Gasteiger partial charge in [0.1, 0.15) is 11.3 Å². The van der Waals surface area contributed by atoms with Gasteiger partial charge in [0.2, 0.25) is 0 Å². The molecule has 1 aliphatic heterocycles. The minimum Gasteiger partial charge on any atom is -0.497 e. The number of pyridine rings is 1. The number of fused-ring (bicyclic) bond motifs is 1. The zero-order valence-electron chi connectivity index (χ0n) is 16.7.